The summed E-state index contributed by atoms with van der Waals surface area (Å²) in [5.41, 5.74) is 5.42. The number of piperidine rings is 1. The summed E-state index contributed by atoms with van der Waals surface area (Å²) < 4.78 is 26.5. The van der Waals surface area contributed by atoms with Gasteiger partial charge in [0, 0.05) is 6.54 Å². The molecule has 1 fully saturated rings. The lowest BCUT2D eigenvalue weighted by Gasteiger charge is -2.22. The van der Waals surface area contributed by atoms with E-state index in [0.29, 0.717) is 13.0 Å². The maximum Gasteiger partial charge on any atom is 0.241 e. The zero-order valence-corrected chi connectivity index (χ0v) is 10.9. The zero-order valence-electron chi connectivity index (χ0n) is 10.1. The quantitative estimate of drug-likeness (QED) is 0.442. The second-order valence-electron chi connectivity index (χ2n) is 4.33. The highest BCUT2D eigenvalue weighted by Gasteiger charge is 2.27. The lowest BCUT2D eigenvalue weighted by molar-refractivity contribution is -0.124. The summed E-state index contributed by atoms with van der Waals surface area (Å²) >= 11 is 0. The number of phenolic OH excluding ortho intramolecular Hbond substituents is 1. The van der Waals surface area contributed by atoms with Crippen LogP contribution in [0, 0.1) is 0 Å². The van der Waals surface area contributed by atoms with E-state index < -0.39 is 16.1 Å². The van der Waals surface area contributed by atoms with E-state index in [1.165, 1.54) is 12.1 Å². The third-order valence-corrected chi connectivity index (χ3v) is 4.36. The Balaban J connectivity index is 2.22. The molecule has 1 aliphatic heterocycles. The van der Waals surface area contributed by atoms with Gasteiger partial charge in [-0.3, -0.25) is 4.79 Å². The van der Waals surface area contributed by atoms with Crippen LogP contribution in [0.15, 0.2) is 23.1 Å². The van der Waals surface area contributed by atoms with Gasteiger partial charge in [0.25, 0.3) is 0 Å². The summed E-state index contributed by atoms with van der Waals surface area (Å²) in [6.07, 6.45) is 1.18. The fourth-order valence-electron chi connectivity index (χ4n) is 1.84. The molecule has 1 unspecified atom stereocenters. The van der Waals surface area contributed by atoms with Crippen molar-refractivity contribution in [1.82, 2.24) is 10.0 Å². The molecule has 0 aliphatic carbocycles. The minimum atomic E-state index is -3.83. The number of nitrogens with one attached hydrogen (secondary N) is 2. The lowest BCUT2D eigenvalue weighted by Crippen LogP contribution is -2.50. The Labute approximate surface area is 110 Å². The van der Waals surface area contributed by atoms with Crippen molar-refractivity contribution in [2.24, 2.45) is 0 Å². The van der Waals surface area contributed by atoms with Crippen LogP contribution in [-0.2, 0) is 14.8 Å². The number of anilines is 1. The Hall–Kier alpha value is -1.80. The van der Waals surface area contributed by atoms with Crippen LogP contribution in [0.25, 0.3) is 0 Å². The number of amides is 1. The van der Waals surface area contributed by atoms with Gasteiger partial charge >= 0.3 is 0 Å². The van der Waals surface area contributed by atoms with E-state index in [9.17, 15) is 18.3 Å². The van der Waals surface area contributed by atoms with Crippen LogP contribution < -0.4 is 15.8 Å². The third-order valence-electron chi connectivity index (χ3n) is 2.89. The fraction of sp³-hybridized carbons (Fsp3) is 0.364. The van der Waals surface area contributed by atoms with Crippen LogP contribution in [0.3, 0.4) is 0 Å². The van der Waals surface area contributed by atoms with Crippen molar-refractivity contribution >= 4 is 21.6 Å². The zero-order chi connectivity index (χ0) is 14.0. The summed E-state index contributed by atoms with van der Waals surface area (Å²) in [7, 11) is -3.83. The smallest absolute Gasteiger partial charge is 0.241 e. The summed E-state index contributed by atoms with van der Waals surface area (Å²) in [4.78, 5) is 11.4. The monoisotopic (exact) mass is 285 g/mol. The van der Waals surface area contributed by atoms with Crippen molar-refractivity contribution in [3.05, 3.63) is 18.2 Å². The van der Waals surface area contributed by atoms with Gasteiger partial charge in [0.1, 0.15) is 11.8 Å². The predicted molar refractivity (Wildman–Crippen MR) is 68.9 cm³/mol. The van der Waals surface area contributed by atoms with Crippen LogP contribution in [-0.4, -0.2) is 32.0 Å². The average molecular weight is 285 g/mol. The van der Waals surface area contributed by atoms with Crippen molar-refractivity contribution in [2.45, 2.75) is 23.8 Å². The number of carbonyl (C=O) groups excluding carboxylic acids is 1. The van der Waals surface area contributed by atoms with Gasteiger partial charge in [0.2, 0.25) is 15.9 Å². The Bertz CT molecular complexity index is 600. The molecule has 1 aromatic rings. The number of hydrogen-bond donors (Lipinski definition) is 4. The Morgan fingerprint density at radius 1 is 1.42 bits per heavy atom. The molecule has 7 nitrogen and oxygen atoms in total. The third kappa shape index (κ3) is 2.96. The second-order valence-corrected chi connectivity index (χ2v) is 6.04. The molecule has 19 heavy (non-hydrogen) atoms. The standard InChI is InChI=1S/C11H15N3O4S/c12-8-6-7(3-4-10(8)15)19(17,18)14-9-2-1-5-13-11(9)16/h3-4,6,9,14-15H,1-2,5,12H2,(H,13,16). The normalized spacial score (nSPS) is 20.0. The van der Waals surface area contributed by atoms with Crippen molar-refractivity contribution in [1.29, 1.82) is 0 Å². The number of benzene rings is 1. The van der Waals surface area contributed by atoms with E-state index in [2.05, 4.69) is 10.0 Å². The molecule has 1 heterocycles. The van der Waals surface area contributed by atoms with E-state index in [4.69, 9.17) is 5.73 Å². The van der Waals surface area contributed by atoms with Crippen molar-refractivity contribution < 1.29 is 18.3 Å². The van der Waals surface area contributed by atoms with Crippen molar-refractivity contribution in [3.63, 3.8) is 0 Å². The van der Waals surface area contributed by atoms with Gasteiger partial charge in [0.15, 0.2) is 0 Å². The number of nitrogen functional groups attached to an aromatic ring is 1. The van der Waals surface area contributed by atoms with Crippen LogP contribution in [0.2, 0.25) is 0 Å². The van der Waals surface area contributed by atoms with Crippen LogP contribution in [0.5, 0.6) is 5.75 Å². The molecular weight excluding hydrogens is 270 g/mol. The van der Waals surface area contributed by atoms with E-state index in [0.717, 1.165) is 12.5 Å². The van der Waals surface area contributed by atoms with Gasteiger partial charge in [-0.2, -0.15) is 4.72 Å². The Morgan fingerprint density at radius 3 is 2.79 bits per heavy atom. The first-order valence-corrected chi connectivity index (χ1v) is 7.27. The number of hydrogen-bond acceptors (Lipinski definition) is 5. The van der Waals surface area contributed by atoms with E-state index in [-0.39, 0.29) is 22.2 Å². The molecule has 0 aromatic heterocycles. The summed E-state index contributed by atoms with van der Waals surface area (Å²) in [5.74, 6) is -0.518. The summed E-state index contributed by atoms with van der Waals surface area (Å²) in [5, 5.41) is 11.9. The summed E-state index contributed by atoms with van der Waals surface area (Å²) in [6.45, 7) is 0.559. The molecule has 8 heteroatoms. The predicted octanol–water partition coefficient (Wildman–Crippen LogP) is -0.469. The molecule has 0 saturated carbocycles. The Morgan fingerprint density at radius 2 is 2.16 bits per heavy atom. The molecule has 0 radical (unpaired) electrons. The largest absolute Gasteiger partial charge is 0.506 e. The van der Waals surface area contributed by atoms with Crippen LogP contribution in [0.4, 0.5) is 5.69 Å². The van der Waals surface area contributed by atoms with Gasteiger partial charge in [-0.15, -0.1) is 0 Å². The number of carbonyl (C=O) groups is 1. The first-order chi connectivity index (χ1) is 8.90. The van der Waals surface area contributed by atoms with Crippen molar-refractivity contribution in [2.75, 3.05) is 12.3 Å². The number of phenols is 1. The molecule has 1 aromatic carbocycles. The molecule has 104 valence electrons. The van der Waals surface area contributed by atoms with E-state index in [1.807, 2.05) is 0 Å². The molecule has 5 N–H and O–H groups in total. The van der Waals surface area contributed by atoms with E-state index in [1.54, 1.807) is 0 Å². The highest BCUT2D eigenvalue weighted by Crippen LogP contribution is 2.23. The number of rotatable bonds is 3. The molecule has 1 aliphatic rings. The Kier molecular flexibility index (Phi) is 3.63. The summed E-state index contributed by atoms with van der Waals surface area (Å²) in [6, 6.07) is 2.81. The van der Waals surface area contributed by atoms with Gasteiger partial charge in [0.05, 0.1) is 10.6 Å². The first-order valence-electron chi connectivity index (χ1n) is 5.79. The number of sulfonamides is 1. The van der Waals surface area contributed by atoms with E-state index >= 15 is 0 Å². The van der Waals surface area contributed by atoms with Crippen LogP contribution in [0.1, 0.15) is 12.8 Å². The first kappa shape index (κ1) is 13.6. The lowest BCUT2D eigenvalue weighted by atomic mass is 10.1. The van der Waals surface area contributed by atoms with Gasteiger partial charge in [-0.25, -0.2) is 8.42 Å². The molecule has 0 bridgehead atoms. The number of nitrogens with two attached hydrogens (primary N) is 1. The minimum Gasteiger partial charge on any atom is -0.506 e. The second kappa shape index (κ2) is 5.06. The van der Waals surface area contributed by atoms with Gasteiger partial charge in [-0.1, -0.05) is 0 Å². The van der Waals surface area contributed by atoms with Crippen molar-refractivity contribution in [3.8, 4) is 5.75 Å². The molecule has 1 amide bonds. The van der Waals surface area contributed by atoms with Gasteiger partial charge in [-0.05, 0) is 31.0 Å². The van der Waals surface area contributed by atoms with Crippen LogP contribution >= 0.6 is 0 Å². The SMILES string of the molecule is Nc1cc(S(=O)(=O)NC2CCCNC2=O)ccc1O. The fourth-order valence-corrected chi connectivity index (χ4v) is 3.10. The highest BCUT2D eigenvalue weighted by atomic mass is 32.2. The minimum absolute atomic E-state index is 0.0315. The number of aromatic hydroxyl groups is 1. The molecule has 2 rings (SSSR count). The highest BCUT2D eigenvalue weighted by molar-refractivity contribution is 7.89. The maximum absolute atomic E-state index is 12.1. The molecule has 1 saturated heterocycles. The molecular formula is C11H15N3O4S. The maximum atomic E-state index is 12.1. The molecule has 1 atom stereocenters. The molecule has 0 spiro atoms. The average Bonchev–Trinajstić information content (AvgIpc) is 2.35. The van der Waals surface area contributed by atoms with Gasteiger partial charge < -0.3 is 16.2 Å². The topological polar surface area (TPSA) is 122 Å².